The van der Waals surface area contributed by atoms with Crippen LogP contribution in [0.25, 0.3) is 0 Å². The summed E-state index contributed by atoms with van der Waals surface area (Å²) in [6, 6.07) is 11.4. The summed E-state index contributed by atoms with van der Waals surface area (Å²) in [5.74, 6) is 0.287. The number of nitrogens with one attached hydrogen (secondary N) is 1. The van der Waals surface area contributed by atoms with Crippen LogP contribution in [-0.4, -0.2) is 72.7 Å². The third-order valence-electron chi connectivity index (χ3n) is 5.61. The van der Waals surface area contributed by atoms with Crippen LogP contribution in [0.5, 0.6) is 0 Å². The topological polar surface area (TPSA) is 119 Å². The molecule has 9 nitrogen and oxygen atoms in total. The van der Waals surface area contributed by atoms with Gasteiger partial charge in [-0.05, 0) is 31.5 Å². The average molecular weight is 555 g/mol. The number of carboxylic acid groups (broad SMARTS) is 1. The van der Waals surface area contributed by atoms with Crippen molar-refractivity contribution >= 4 is 50.9 Å². The molecule has 0 unspecified atom stereocenters. The Bertz CT molecular complexity index is 1230. The number of carbonyl (C=O) groups is 2. The lowest BCUT2D eigenvalue weighted by Gasteiger charge is -2.26. The Morgan fingerprint density at radius 2 is 1.78 bits per heavy atom. The first-order chi connectivity index (χ1) is 17.0. The van der Waals surface area contributed by atoms with Crippen LogP contribution in [0.1, 0.15) is 31.4 Å². The van der Waals surface area contributed by atoms with E-state index < -0.39 is 22.2 Å². The van der Waals surface area contributed by atoms with Gasteiger partial charge in [0.1, 0.15) is 16.5 Å². The summed E-state index contributed by atoms with van der Waals surface area (Å²) in [4.78, 5) is 29.1. The minimum Gasteiger partial charge on any atom is -0.465 e. The van der Waals surface area contributed by atoms with Crippen LogP contribution in [0.15, 0.2) is 52.4 Å². The van der Waals surface area contributed by atoms with Gasteiger partial charge in [-0.25, -0.2) is 13.2 Å². The molecule has 0 bridgehead atoms. The van der Waals surface area contributed by atoms with Gasteiger partial charge in [-0.15, -0.1) is 0 Å². The summed E-state index contributed by atoms with van der Waals surface area (Å²) in [7, 11) is -3.99. The molecule has 1 amide bonds. The zero-order chi connectivity index (χ0) is 26.5. The first-order valence-corrected chi connectivity index (χ1v) is 13.5. The quantitative estimate of drug-likeness (QED) is 0.435. The Kier molecular flexibility index (Phi) is 9.48. The fourth-order valence-corrected chi connectivity index (χ4v) is 6.56. The molecule has 0 saturated carbocycles. The lowest BCUT2D eigenvalue weighted by atomic mass is 10.1. The minimum absolute atomic E-state index is 0.00104. The van der Waals surface area contributed by atoms with Crippen molar-refractivity contribution < 1.29 is 23.1 Å². The minimum atomic E-state index is -3.99. The average Bonchev–Trinajstić information content (AvgIpc) is 3.29. The molecular formula is C24H28Cl2N4O5S. The Morgan fingerprint density at radius 3 is 2.36 bits per heavy atom. The van der Waals surface area contributed by atoms with Crippen LogP contribution in [0.2, 0.25) is 10.0 Å². The van der Waals surface area contributed by atoms with Crippen molar-refractivity contribution in [3.8, 4) is 0 Å². The molecule has 0 atom stereocenters. The van der Waals surface area contributed by atoms with Crippen molar-refractivity contribution in [3.05, 3.63) is 63.6 Å². The number of halogens is 2. The summed E-state index contributed by atoms with van der Waals surface area (Å²) in [5, 5.41) is 12.4. The maximum Gasteiger partial charge on any atom is 0.413 e. The summed E-state index contributed by atoms with van der Waals surface area (Å²) in [6.07, 6.45) is -1.01. The van der Waals surface area contributed by atoms with Crippen LogP contribution in [0.4, 0.5) is 4.79 Å². The van der Waals surface area contributed by atoms with E-state index in [1.165, 1.54) is 21.3 Å². The molecule has 0 aliphatic carbocycles. The third-order valence-corrected chi connectivity index (χ3v) is 8.64. The Morgan fingerprint density at radius 1 is 1.14 bits per heavy atom. The number of Topliss-reactive ketones (excluding diaryl/α,β-unsaturated/α-hetero) is 1. The van der Waals surface area contributed by atoms with E-state index in [-0.39, 0.29) is 40.2 Å². The highest BCUT2D eigenvalue weighted by atomic mass is 35.5. The second-order valence-electron chi connectivity index (χ2n) is 8.49. The maximum absolute atomic E-state index is 13.2. The number of hydrogen-bond acceptors (Lipinski definition) is 6. The van der Waals surface area contributed by atoms with Gasteiger partial charge in [0.05, 0.1) is 29.7 Å². The van der Waals surface area contributed by atoms with Gasteiger partial charge in [0.15, 0.2) is 0 Å². The number of nitrogens with zero attached hydrogens (tertiary/aromatic N) is 3. The highest BCUT2D eigenvalue weighted by molar-refractivity contribution is 7.89. The van der Waals surface area contributed by atoms with Gasteiger partial charge < -0.3 is 10.4 Å². The van der Waals surface area contributed by atoms with Crippen molar-refractivity contribution in [3.63, 3.8) is 0 Å². The molecule has 0 saturated heterocycles. The van der Waals surface area contributed by atoms with E-state index in [4.69, 9.17) is 23.2 Å². The largest absolute Gasteiger partial charge is 0.465 e. The molecule has 1 aliphatic heterocycles. The van der Waals surface area contributed by atoms with Gasteiger partial charge in [0, 0.05) is 31.1 Å². The van der Waals surface area contributed by atoms with Crippen LogP contribution in [0, 0.1) is 0 Å². The molecule has 1 heterocycles. The van der Waals surface area contributed by atoms with Gasteiger partial charge in [-0.2, -0.15) is 4.31 Å². The number of hydrogen-bond donors (Lipinski definition) is 2. The molecule has 2 N–H and O–H groups in total. The SMILES string of the molecule is CC(C)N(CCC(=O)CNCc1ccc(C2=NCCN2C(=O)O)cc1)S(=O)(=O)c1c(Cl)cccc1Cl. The molecule has 0 spiro atoms. The number of ketones is 1. The number of amidine groups is 1. The standard InChI is InChI=1S/C24H28Cl2N4O5S/c1-16(2)30(36(34,35)22-20(25)4-3-5-21(22)26)12-10-19(31)15-27-14-17-6-8-18(9-7-17)23-28-11-13-29(23)24(32)33/h3-9,16,27H,10-15H2,1-2H3,(H,32,33). The van der Waals surface area contributed by atoms with E-state index in [2.05, 4.69) is 10.3 Å². The van der Waals surface area contributed by atoms with Gasteiger partial charge >= 0.3 is 6.09 Å². The predicted molar refractivity (Wildman–Crippen MR) is 139 cm³/mol. The van der Waals surface area contributed by atoms with Gasteiger partial charge in [0.2, 0.25) is 10.0 Å². The lowest BCUT2D eigenvalue weighted by Crippen LogP contribution is -2.39. The van der Waals surface area contributed by atoms with E-state index in [0.717, 1.165) is 5.56 Å². The normalized spacial score (nSPS) is 13.9. The molecule has 2 aromatic carbocycles. The van der Waals surface area contributed by atoms with Crippen molar-refractivity contribution in [2.45, 2.75) is 37.8 Å². The Labute approximate surface area is 220 Å². The molecule has 0 radical (unpaired) electrons. The van der Waals surface area contributed by atoms with Gasteiger partial charge in [-0.1, -0.05) is 53.5 Å². The molecule has 2 aromatic rings. The second kappa shape index (κ2) is 12.2. The van der Waals surface area contributed by atoms with E-state index in [9.17, 15) is 23.1 Å². The smallest absolute Gasteiger partial charge is 0.413 e. The molecule has 0 aromatic heterocycles. The number of rotatable bonds is 11. The number of carbonyl (C=O) groups excluding carboxylic acids is 1. The van der Waals surface area contributed by atoms with Crippen LogP contribution in [0.3, 0.4) is 0 Å². The van der Waals surface area contributed by atoms with Crippen molar-refractivity contribution in [2.24, 2.45) is 4.99 Å². The highest BCUT2D eigenvalue weighted by Crippen LogP contribution is 2.32. The fourth-order valence-electron chi connectivity index (χ4n) is 3.82. The van der Waals surface area contributed by atoms with Gasteiger partial charge in [-0.3, -0.25) is 14.7 Å². The van der Waals surface area contributed by atoms with Gasteiger partial charge in [0.25, 0.3) is 0 Å². The zero-order valence-electron chi connectivity index (χ0n) is 19.9. The van der Waals surface area contributed by atoms with Crippen LogP contribution >= 0.6 is 23.2 Å². The molecule has 194 valence electrons. The summed E-state index contributed by atoms with van der Waals surface area (Å²) in [6.45, 7) is 4.72. The van der Waals surface area contributed by atoms with E-state index in [1.54, 1.807) is 32.0 Å². The summed E-state index contributed by atoms with van der Waals surface area (Å²) in [5.41, 5.74) is 1.62. The Hall–Kier alpha value is -2.50. The number of sulfonamides is 1. The fraction of sp³-hybridized carbons (Fsp3) is 0.375. The van der Waals surface area contributed by atoms with Crippen molar-refractivity contribution in [1.29, 1.82) is 0 Å². The summed E-state index contributed by atoms with van der Waals surface area (Å²) >= 11 is 12.2. The first kappa shape index (κ1) is 28.1. The second-order valence-corrected chi connectivity index (χ2v) is 11.1. The molecular weight excluding hydrogens is 527 g/mol. The van der Waals surface area contributed by atoms with E-state index in [0.29, 0.717) is 31.0 Å². The van der Waals surface area contributed by atoms with E-state index in [1.807, 2.05) is 12.1 Å². The van der Waals surface area contributed by atoms with Crippen LogP contribution < -0.4 is 5.32 Å². The van der Waals surface area contributed by atoms with Crippen molar-refractivity contribution in [1.82, 2.24) is 14.5 Å². The third kappa shape index (κ3) is 6.63. The van der Waals surface area contributed by atoms with E-state index >= 15 is 0 Å². The zero-order valence-corrected chi connectivity index (χ0v) is 22.3. The highest BCUT2D eigenvalue weighted by Gasteiger charge is 2.31. The molecule has 12 heteroatoms. The first-order valence-electron chi connectivity index (χ1n) is 11.3. The molecule has 0 fully saturated rings. The summed E-state index contributed by atoms with van der Waals surface area (Å²) < 4.78 is 27.6. The monoisotopic (exact) mass is 554 g/mol. The molecule has 3 rings (SSSR count). The lowest BCUT2D eigenvalue weighted by molar-refractivity contribution is -0.118. The Balaban J connectivity index is 1.53. The number of amides is 1. The van der Waals surface area contributed by atoms with Crippen LogP contribution in [-0.2, 0) is 21.4 Å². The van der Waals surface area contributed by atoms with Crippen molar-refractivity contribution in [2.75, 3.05) is 26.2 Å². The predicted octanol–water partition coefficient (Wildman–Crippen LogP) is 3.88. The number of benzene rings is 2. The molecule has 36 heavy (non-hydrogen) atoms. The number of aliphatic imine (C=N–C) groups is 1. The maximum atomic E-state index is 13.2. The molecule has 1 aliphatic rings.